The number of piperidine rings is 1. The number of aliphatic hydroxyl groups excluding tert-OH is 1. The van der Waals surface area contributed by atoms with Crippen molar-refractivity contribution >= 4 is 0 Å². The molecule has 2 aliphatic carbocycles. The largest absolute Gasteiger partial charge is 0.389 e. The van der Waals surface area contributed by atoms with Crippen LogP contribution in [0.5, 0.6) is 0 Å². The molecule has 1 heterocycles. The number of rotatable bonds is 7. The van der Waals surface area contributed by atoms with Gasteiger partial charge >= 0.3 is 0 Å². The molecule has 3 heteroatoms. The summed E-state index contributed by atoms with van der Waals surface area (Å²) < 4.78 is 5.80. The Morgan fingerprint density at radius 2 is 1.86 bits per heavy atom. The standard InChI is InChI=1S/C19H35NO2/c1-14-4-3-5-15(2)20(14)12-19(21)13-22-9-8-18-11-16-6-7-17(18)10-16/h14-19,21H,3-13H2,1-2H3/t14-,15+,16-,17-,18+,19-/m0/s1. The van der Waals surface area contributed by atoms with E-state index in [0.717, 1.165) is 30.9 Å². The summed E-state index contributed by atoms with van der Waals surface area (Å²) in [4.78, 5) is 2.47. The lowest BCUT2D eigenvalue weighted by atomic mass is 9.87. The minimum absolute atomic E-state index is 0.331. The molecule has 3 fully saturated rings. The van der Waals surface area contributed by atoms with Gasteiger partial charge in [0.15, 0.2) is 0 Å². The highest BCUT2D eigenvalue weighted by atomic mass is 16.5. The highest BCUT2D eigenvalue weighted by Gasteiger charge is 2.38. The summed E-state index contributed by atoms with van der Waals surface area (Å²) in [7, 11) is 0. The predicted octanol–water partition coefficient (Wildman–Crippen LogP) is 3.45. The molecule has 2 saturated carbocycles. The summed E-state index contributed by atoms with van der Waals surface area (Å²) in [6.07, 6.45) is 10.6. The number of nitrogens with zero attached hydrogens (tertiary/aromatic N) is 1. The lowest BCUT2D eigenvalue weighted by Crippen LogP contribution is -2.48. The summed E-state index contributed by atoms with van der Waals surface area (Å²) >= 11 is 0. The second-order valence-corrected chi connectivity index (χ2v) is 8.28. The molecule has 0 aromatic rings. The van der Waals surface area contributed by atoms with Crippen molar-refractivity contribution in [1.82, 2.24) is 4.90 Å². The van der Waals surface area contributed by atoms with E-state index in [1.165, 1.54) is 51.4 Å². The first-order valence-corrected chi connectivity index (χ1v) is 9.65. The first-order valence-electron chi connectivity index (χ1n) is 9.65. The fourth-order valence-corrected chi connectivity index (χ4v) is 5.31. The number of hydrogen-bond donors (Lipinski definition) is 1. The average molecular weight is 309 g/mol. The third kappa shape index (κ3) is 4.04. The topological polar surface area (TPSA) is 32.7 Å². The normalized spacial score (nSPS) is 40.2. The summed E-state index contributed by atoms with van der Waals surface area (Å²) in [5.41, 5.74) is 0. The number of ether oxygens (including phenoxy) is 1. The van der Waals surface area contributed by atoms with Gasteiger partial charge in [-0.15, -0.1) is 0 Å². The number of fused-ring (bicyclic) bond motifs is 2. The summed E-state index contributed by atoms with van der Waals surface area (Å²) in [5.74, 6) is 2.94. The average Bonchev–Trinajstić information content (AvgIpc) is 3.10. The first-order chi connectivity index (χ1) is 10.6. The maximum Gasteiger partial charge on any atom is 0.0900 e. The van der Waals surface area contributed by atoms with E-state index in [1.54, 1.807) is 0 Å². The quantitative estimate of drug-likeness (QED) is 0.731. The van der Waals surface area contributed by atoms with Crippen LogP contribution in [0.3, 0.4) is 0 Å². The maximum atomic E-state index is 10.3. The molecule has 1 N–H and O–H groups in total. The molecule has 3 nitrogen and oxygen atoms in total. The summed E-state index contributed by atoms with van der Waals surface area (Å²) in [5, 5.41) is 10.3. The van der Waals surface area contributed by atoms with Gasteiger partial charge in [0.25, 0.3) is 0 Å². The van der Waals surface area contributed by atoms with E-state index in [0.29, 0.717) is 18.7 Å². The summed E-state index contributed by atoms with van der Waals surface area (Å²) in [6, 6.07) is 1.21. The Morgan fingerprint density at radius 1 is 1.09 bits per heavy atom. The Labute approximate surface area is 136 Å². The van der Waals surface area contributed by atoms with E-state index in [4.69, 9.17) is 4.74 Å². The van der Waals surface area contributed by atoms with E-state index < -0.39 is 0 Å². The van der Waals surface area contributed by atoms with Gasteiger partial charge < -0.3 is 9.84 Å². The molecule has 0 unspecified atom stereocenters. The number of hydrogen-bond acceptors (Lipinski definition) is 3. The minimum atomic E-state index is -0.331. The van der Waals surface area contributed by atoms with Gasteiger partial charge in [-0.3, -0.25) is 4.90 Å². The molecule has 6 atom stereocenters. The van der Waals surface area contributed by atoms with Gasteiger partial charge in [-0.25, -0.2) is 0 Å². The second-order valence-electron chi connectivity index (χ2n) is 8.28. The first kappa shape index (κ1) is 16.7. The predicted molar refractivity (Wildman–Crippen MR) is 89.9 cm³/mol. The number of aliphatic hydroxyl groups is 1. The van der Waals surface area contributed by atoms with Crippen molar-refractivity contribution in [2.24, 2.45) is 17.8 Å². The van der Waals surface area contributed by atoms with Gasteiger partial charge in [0.2, 0.25) is 0 Å². The molecule has 22 heavy (non-hydrogen) atoms. The Morgan fingerprint density at radius 3 is 2.50 bits per heavy atom. The molecule has 0 aromatic carbocycles. The van der Waals surface area contributed by atoms with Crippen molar-refractivity contribution < 1.29 is 9.84 Å². The molecule has 0 amide bonds. The molecule has 3 rings (SSSR count). The van der Waals surface area contributed by atoms with E-state index in [-0.39, 0.29) is 6.10 Å². The minimum Gasteiger partial charge on any atom is -0.389 e. The fraction of sp³-hybridized carbons (Fsp3) is 1.00. The van der Waals surface area contributed by atoms with Crippen LogP contribution in [-0.2, 0) is 4.74 Å². The lowest BCUT2D eigenvalue weighted by molar-refractivity contribution is -0.0123. The van der Waals surface area contributed by atoms with Gasteiger partial charge in [-0.05, 0) is 70.1 Å². The van der Waals surface area contributed by atoms with Crippen molar-refractivity contribution in [3.8, 4) is 0 Å². The van der Waals surface area contributed by atoms with Crippen LogP contribution < -0.4 is 0 Å². The van der Waals surface area contributed by atoms with Gasteiger partial charge in [0.1, 0.15) is 0 Å². The molecule has 2 bridgehead atoms. The highest BCUT2D eigenvalue weighted by molar-refractivity contribution is 4.89. The smallest absolute Gasteiger partial charge is 0.0900 e. The Hall–Kier alpha value is -0.120. The molecule has 1 saturated heterocycles. The van der Waals surface area contributed by atoms with E-state index in [1.807, 2.05) is 0 Å². The third-order valence-corrected chi connectivity index (χ3v) is 6.63. The Bertz CT molecular complexity index is 338. The zero-order chi connectivity index (χ0) is 15.5. The number of likely N-dealkylation sites (tertiary alicyclic amines) is 1. The van der Waals surface area contributed by atoms with Crippen molar-refractivity contribution in [3.05, 3.63) is 0 Å². The molecule has 0 radical (unpaired) electrons. The fourth-order valence-electron chi connectivity index (χ4n) is 5.31. The molecular formula is C19H35NO2. The molecule has 3 aliphatic rings. The number of β-amino-alcohol motifs (C(OH)–C–C–N with tert-alkyl or cyclic N) is 1. The lowest BCUT2D eigenvalue weighted by Gasteiger charge is -2.40. The van der Waals surface area contributed by atoms with Crippen LogP contribution in [0.2, 0.25) is 0 Å². The van der Waals surface area contributed by atoms with E-state index in [9.17, 15) is 5.11 Å². The Kier molecular flexibility index (Phi) is 5.80. The van der Waals surface area contributed by atoms with Gasteiger partial charge in [-0.2, -0.15) is 0 Å². The van der Waals surface area contributed by atoms with Gasteiger partial charge in [0, 0.05) is 25.2 Å². The van der Waals surface area contributed by atoms with Crippen LogP contribution >= 0.6 is 0 Å². The van der Waals surface area contributed by atoms with Gasteiger partial charge in [0.05, 0.1) is 12.7 Å². The van der Waals surface area contributed by atoms with Crippen LogP contribution in [0.15, 0.2) is 0 Å². The third-order valence-electron chi connectivity index (χ3n) is 6.63. The van der Waals surface area contributed by atoms with E-state index >= 15 is 0 Å². The van der Waals surface area contributed by atoms with Crippen molar-refractivity contribution in [2.45, 2.75) is 83.4 Å². The molecule has 1 aliphatic heterocycles. The van der Waals surface area contributed by atoms with Crippen LogP contribution in [0, 0.1) is 17.8 Å². The monoisotopic (exact) mass is 309 g/mol. The zero-order valence-electron chi connectivity index (χ0n) is 14.5. The summed E-state index contributed by atoms with van der Waals surface area (Å²) in [6.45, 7) is 6.71. The van der Waals surface area contributed by atoms with E-state index in [2.05, 4.69) is 18.7 Å². The second kappa shape index (κ2) is 7.63. The molecule has 0 spiro atoms. The van der Waals surface area contributed by atoms with Crippen LogP contribution in [0.1, 0.15) is 65.2 Å². The van der Waals surface area contributed by atoms with Crippen molar-refractivity contribution in [3.63, 3.8) is 0 Å². The molecule has 0 aromatic heterocycles. The van der Waals surface area contributed by atoms with Gasteiger partial charge in [-0.1, -0.05) is 12.8 Å². The Balaban J connectivity index is 1.30. The van der Waals surface area contributed by atoms with Crippen LogP contribution in [0.4, 0.5) is 0 Å². The maximum absolute atomic E-state index is 10.3. The molecule has 128 valence electrons. The highest BCUT2D eigenvalue weighted by Crippen LogP contribution is 2.49. The molecular weight excluding hydrogens is 274 g/mol. The van der Waals surface area contributed by atoms with Crippen molar-refractivity contribution in [1.29, 1.82) is 0 Å². The van der Waals surface area contributed by atoms with Crippen LogP contribution in [-0.4, -0.2) is 48.0 Å². The zero-order valence-corrected chi connectivity index (χ0v) is 14.5. The van der Waals surface area contributed by atoms with Crippen LogP contribution in [0.25, 0.3) is 0 Å². The SMILES string of the molecule is C[C@@H]1CCC[C@H](C)N1C[C@H](O)COCC[C@@H]1C[C@H]2CC[C@H]1C2. The van der Waals surface area contributed by atoms with Crippen molar-refractivity contribution in [2.75, 3.05) is 19.8 Å².